The number of hydrogen-bond donors (Lipinski definition) is 0. The molecule has 0 N–H and O–H groups in total. The molecule has 0 unspecified atom stereocenters. The van der Waals surface area contributed by atoms with Gasteiger partial charge in [0.25, 0.3) is 0 Å². The van der Waals surface area contributed by atoms with Crippen molar-refractivity contribution in [3.8, 4) is 0 Å². The average molecular weight is 206 g/mol. The topological polar surface area (TPSA) is 26.3 Å². The van der Waals surface area contributed by atoms with E-state index in [1.54, 1.807) is 17.8 Å². The maximum absolute atomic E-state index is 10.9. The van der Waals surface area contributed by atoms with Crippen LogP contribution in [-0.4, -0.2) is 18.6 Å². The Kier molecular flexibility index (Phi) is 2.59. The van der Waals surface area contributed by atoms with Gasteiger partial charge < -0.3 is 4.74 Å². The average Bonchev–Trinajstić information content (AvgIpc) is 2.65. The molecular weight excluding hydrogens is 196 g/mol. The molecule has 2 rings (SSSR count). The van der Waals surface area contributed by atoms with Crippen molar-refractivity contribution < 1.29 is 9.53 Å². The van der Waals surface area contributed by atoms with E-state index >= 15 is 0 Å². The van der Waals surface area contributed by atoms with Crippen LogP contribution < -0.4 is 0 Å². The first kappa shape index (κ1) is 9.34. The van der Waals surface area contributed by atoms with Crippen LogP contribution >= 0.6 is 11.8 Å². The lowest BCUT2D eigenvalue weighted by molar-refractivity contribution is -0.115. The first-order chi connectivity index (χ1) is 6.79. The lowest BCUT2D eigenvalue weighted by Gasteiger charge is -2.03. The highest BCUT2D eigenvalue weighted by Crippen LogP contribution is 2.23. The Hall–Kier alpha value is -1.22. The molecule has 0 saturated heterocycles. The molecule has 1 aliphatic rings. The number of ketones is 1. The van der Waals surface area contributed by atoms with Crippen LogP contribution in [-0.2, 0) is 9.53 Å². The summed E-state index contributed by atoms with van der Waals surface area (Å²) in [5.74, 6) is 0.719. The predicted molar refractivity (Wildman–Crippen MR) is 57.2 cm³/mol. The molecule has 72 valence electrons. The van der Waals surface area contributed by atoms with E-state index in [-0.39, 0.29) is 12.4 Å². The molecule has 0 aliphatic carbocycles. The van der Waals surface area contributed by atoms with E-state index < -0.39 is 0 Å². The SMILES string of the molecule is CSc1ccc(C2=CC(=O)CO2)cc1. The van der Waals surface area contributed by atoms with Crippen LogP contribution in [0.25, 0.3) is 5.76 Å². The van der Waals surface area contributed by atoms with Gasteiger partial charge in [-0.3, -0.25) is 4.79 Å². The maximum Gasteiger partial charge on any atom is 0.196 e. The second-order valence-corrected chi connectivity index (χ2v) is 3.87. The Labute approximate surface area is 87.0 Å². The van der Waals surface area contributed by atoms with Gasteiger partial charge in [-0.1, -0.05) is 12.1 Å². The molecule has 14 heavy (non-hydrogen) atoms. The largest absolute Gasteiger partial charge is 0.485 e. The molecule has 0 spiro atoms. The number of carbonyl (C=O) groups excluding carboxylic acids is 1. The lowest BCUT2D eigenvalue weighted by atomic mass is 10.2. The van der Waals surface area contributed by atoms with Crippen molar-refractivity contribution in [3.63, 3.8) is 0 Å². The van der Waals surface area contributed by atoms with E-state index in [4.69, 9.17) is 4.74 Å². The fourth-order valence-electron chi connectivity index (χ4n) is 1.30. The number of rotatable bonds is 2. The van der Waals surface area contributed by atoms with Crippen molar-refractivity contribution in [1.29, 1.82) is 0 Å². The minimum Gasteiger partial charge on any atom is -0.485 e. The van der Waals surface area contributed by atoms with E-state index in [9.17, 15) is 4.79 Å². The van der Waals surface area contributed by atoms with Gasteiger partial charge in [-0.25, -0.2) is 0 Å². The van der Waals surface area contributed by atoms with Crippen LogP contribution in [0.3, 0.4) is 0 Å². The molecular formula is C11H10O2S. The van der Waals surface area contributed by atoms with Crippen LogP contribution in [0.4, 0.5) is 0 Å². The molecule has 0 aromatic heterocycles. The number of hydrogen-bond acceptors (Lipinski definition) is 3. The minimum absolute atomic E-state index is 0.0361. The Morgan fingerprint density at radius 3 is 2.50 bits per heavy atom. The summed E-state index contributed by atoms with van der Waals surface area (Å²) in [5.41, 5.74) is 0.966. The minimum atomic E-state index is 0.0361. The van der Waals surface area contributed by atoms with Gasteiger partial charge in [0, 0.05) is 16.5 Å². The molecule has 0 amide bonds. The van der Waals surface area contributed by atoms with E-state index in [1.165, 1.54) is 4.90 Å². The van der Waals surface area contributed by atoms with Gasteiger partial charge in [0.15, 0.2) is 12.4 Å². The summed E-state index contributed by atoms with van der Waals surface area (Å²) >= 11 is 1.69. The van der Waals surface area contributed by atoms with Crippen LogP contribution in [0.5, 0.6) is 0 Å². The van der Waals surface area contributed by atoms with Crippen molar-refractivity contribution in [2.45, 2.75) is 4.90 Å². The Bertz CT molecular complexity index is 379. The Morgan fingerprint density at radius 2 is 2.00 bits per heavy atom. The third kappa shape index (κ3) is 1.82. The van der Waals surface area contributed by atoms with Crippen LogP contribution in [0.15, 0.2) is 35.2 Å². The van der Waals surface area contributed by atoms with E-state index in [1.807, 2.05) is 30.5 Å². The second-order valence-electron chi connectivity index (χ2n) is 2.99. The lowest BCUT2D eigenvalue weighted by Crippen LogP contribution is -1.92. The molecule has 0 saturated carbocycles. The van der Waals surface area contributed by atoms with E-state index in [0.29, 0.717) is 5.76 Å². The first-order valence-electron chi connectivity index (χ1n) is 4.31. The standard InChI is InChI=1S/C11H10O2S/c1-14-10-4-2-8(3-5-10)11-6-9(12)7-13-11/h2-6H,7H2,1H3. The highest BCUT2D eigenvalue weighted by molar-refractivity contribution is 7.98. The quantitative estimate of drug-likeness (QED) is 0.695. The highest BCUT2D eigenvalue weighted by Gasteiger charge is 2.14. The van der Waals surface area contributed by atoms with Crippen molar-refractivity contribution in [3.05, 3.63) is 35.9 Å². The van der Waals surface area contributed by atoms with Gasteiger partial charge in [-0.05, 0) is 18.4 Å². The van der Waals surface area contributed by atoms with Gasteiger partial charge >= 0.3 is 0 Å². The summed E-state index contributed by atoms with van der Waals surface area (Å²) < 4.78 is 5.23. The van der Waals surface area contributed by atoms with E-state index in [2.05, 4.69) is 0 Å². The molecule has 1 aromatic carbocycles. The zero-order valence-electron chi connectivity index (χ0n) is 7.82. The molecule has 1 heterocycles. The Morgan fingerprint density at radius 1 is 1.29 bits per heavy atom. The fourth-order valence-corrected chi connectivity index (χ4v) is 1.71. The van der Waals surface area contributed by atoms with Crippen molar-refractivity contribution in [1.82, 2.24) is 0 Å². The van der Waals surface area contributed by atoms with Crippen molar-refractivity contribution in [2.24, 2.45) is 0 Å². The van der Waals surface area contributed by atoms with Gasteiger partial charge in [0.05, 0.1) is 0 Å². The number of ether oxygens (including phenoxy) is 1. The molecule has 1 aliphatic heterocycles. The monoisotopic (exact) mass is 206 g/mol. The molecule has 0 bridgehead atoms. The zero-order chi connectivity index (χ0) is 9.97. The third-order valence-corrected chi connectivity index (χ3v) is 2.78. The van der Waals surface area contributed by atoms with Gasteiger partial charge in [0.2, 0.25) is 0 Å². The Balaban J connectivity index is 2.25. The third-order valence-electron chi connectivity index (χ3n) is 2.04. The van der Waals surface area contributed by atoms with Gasteiger partial charge in [-0.2, -0.15) is 0 Å². The smallest absolute Gasteiger partial charge is 0.196 e. The summed E-state index contributed by atoms with van der Waals surface area (Å²) in [6.07, 6.45) is 3.58. The molecule has 1 aromatic rings. The van der Waals surface area contributed by atoms with Crippen LogP contribution in [0, 0.1) is 0 Å². The predicted octanol–water partition coefficient (Wildman–Crippen LogP) is 2.35. The van der Waals surface area contributed by atoms with Crippen molar-refractivity contribution in [2.75, 3.05) is 12.9 Å². The number of carbonyl (C=O) groups is 1. The van der Waals surface area contributed by atoms with Crippen LogP contribution in [0.1, 0.15) is 5.56 Å². The van der Waals surface area contributed by atoms with Gasteiger partial charge in [0.1, 0.15) is 5.76 Å². The summed E-state index contributed by atoms with van der Waals surface area (Å²) in [4.78, 5) is 12.2. The summed E-state index contributed by atoms with van der Waals surface area (Å²) in [5, 5.41) is 0. The number of benzene rings is 1. The second kappa shape index (κ2) is 3.88. The normalized spacial score (nSPS) is 15.2. The van der Waals surface area contributed by atoms with Crippen molar-refractivity contribution >= 4 is 23.3 Å². The molecule has 2 nitrogen and oxygen atoms in total. The van der Waals surface area contributed by atoms with Crippen LogP contribution in [0.2, 0.25) is 0 Å². The van der Waals surface area contributed by atoms with E-state index in [0.717, 1.165) is 5.56 Å². The summed E-state index contributed by atoms with van der Waals surface area (Å²) in [6, 6.07) is 7.98. The molecule has 0 radical (unpaired) electrons. The zero-order valence-corrected chi connectivity index (χ0v) is 8.64. The molecule has 0 atom stereocenters. The summed E-state index contributed by atoms with van der Waals surface area (Å²) in [6.45, 7) is 0.180. The van der Waals surface area contributed by atoms with Gasteiger partial charge in [-0.15, -0.1) is 11.8 Å². The first-order valence-corrected chi connectivity index (χ1v) is 5.54. The fraction of sp³-hybridized carbons (Fsp3) is 0.182. The maximum atomic E-state index is 10.9. The number of thioether (sulfide) groups is 1. The molecule has 0 fully saturated rings. The summed E-state index contributed by atoms with van der Waals surface area (Å²) in [7, 11) is 0. The molecule has 3 heteroatoms. The highest BCUT2D eigenvalue weighted by atomic mass is 32.2.